The Hall–Kier alpha value is -1.39. The Kier molecular flexibility index (Phi) is 3.97. The maximum Gasteiger partial charge on any atom is 0.303 e. The molecule has 4 rings (SSSR count). The van der Waals surface area contributed by atoms with Crippen molar-refractivity contribution in [1.82, 2.24) is 0 Å². The van der Waals surface area contributed by atoms with Crippen molar-refractivity contribution in [1.29, 1.82) is 0 Å². The number of ether oxygens (including phenoxy) is 1. The predicted octanol–water partition coefficient (Wildman–Crippen LogP) is 2.72. The van der Waals surface area contributed by atoms with E-state index in [2.05, 4.69) is 32.0 Å². The Bertz CT molecular complexity index is 699. The molecule has 2 N–H and O–H groups in total. The fraction of sp³-hybridized carbons (Fsp3) is 0.667. The smallest absolute Gasteiger partial charge is 0.303 e. The molecular weight excluding hydrogens is 316 g/mol. The summed E-state index contributed by atoms with van der Waals surface area (Å²) < 4.78 is 5.48. The minimum absolute atomic E-state index is 0.0277. The molecule has 7 atom stereocenters. The van der Waals surface area contributed by atoms with Crippen LogP contribution < -0.4 is 0 Å². The second-order valence-electron chi connectivity index (χ2n) is 8.59. The topological polar surface area (TPSA) is 66.8 Å². The number of benzene rings is 1. The number of aryl methyl sites for hydroxylation is 2. The fourth-order valence-electron chi connectivity index (χ4n) is 6.13. The molecule has 25 heavy (non-hydrogen) atoms. The van der Waals surface area contributed by atoms with Crippen LogP contribution in [-0.2, 0) is 16.0 Å². The number of esters is 1. The number of aliphatic hydroxyl groups excluding tert-OH is 2. The molecule has 0 aromatic heterocycles. The lowest BCUT2D eigenvalue weighted by Gasteiger charge is -2.50. The lowest BCUT2D eigenvalue weighted by atomic mass is 9.55. The van der Waals surface area contributed by atoms with Crippen LogP contribution >= 0.6 is 0 Å². The van der Waals surface area contributed by atoms with Gasteiger partial charge in [0, 0.05) is 12.3 Å². The van der Waals surface area contributed by atoms with Crippen molar-refractivity contribution in [2.45, 2.75) is 70.7 Å². The van der Waals surface area contributed by atoms with Crippen LogP contribution in [0, 0.1) is 24.2 Å². The summed E-state index contributed by atoms with van der Waals surface area (Å²) >= 11 is 0. The molecule has 0 radical (unpaired) electrons. The molecule has 0 amide bonds. The Morgan fingerprint density at radius 3 is 2.72 bits per heavy atom. The highest BCUT2D eigenvalue weighted by Crippen LogP contribution is 2.61. The largest absolute Gasteiger partial charge is 0.459 e. The average Bonchev–Trinajstić information content (AvgIpc) is 2.75. The third-order valence-electron chi connectivity index (χ3n) is 7.15. The van der Waals surface area contributed by atoms with E-state index in [1.807, 2.05) is 0 Å². The SMILES string of the molecule is CC(=O)OC1[C@H](O)[C@H](O)C2C3CCc4cc(C)ccc4C3CC[C@@]21C. The van der Waals surface area contributed by atoms with E-state index in [4.69, 9.17) is 4.74 Å². The van der Waals surface area contributed by atoms with Crippen LogP contribution in [0.15, 0.2) is 18.2 Å². The van der Waals surface area contributed by atoms with Crippen molar-refractivity contribution < 1.29 is 19.7 Å². The number of carbonyl (C=O) groups excluding carboxylic acids is 1. The van der Waals surface area contributed by atoms with Gasteiger partial charge in [-0.3, -0.25) is 4.79 Å². The normalized spacial score (nSPS) is 42.3. The quantitative estimate of drug-likeness (QED) is 0.769. The fourth-order valence-corrected chi connectivity index (χ4v) is 6.13. The first-order valence-electron chi connectivity index (χ1n) is 9.45. The Balaban J connectivity index is 1.70. The number of carbonyl (C=O) groups is 1. The van der Waals surface area contributed by atoms with Gasteiger partial charge in [-0.15, -0.1) is 0 Å². The van der Waals surface area contributed by atoms with Crippen molar-refractivity contribution in [3.63, 3.8) is 0 Å². The summed E-state index contributed by atoms with van der Waals surface area (Å²) in [6, 6.07) is 6.73. The third-order valence-corrected chi connectivity index (χ3v) is 7.15. The minimum Gasteiger partial charge on any atom is -0.459 e. The zero-order chi connectivity index (χ0) is 17.9. The van der Waals surface area contributed by atoms with Crippen molar-refractivity contribution in [2.24, 2.45) is 17.3 Å². The molecule has 4 nitrogen and oxygen atoms in total. The Labute approximate surface area is 149 Å². The first-order chi connectivity index (χ1) is 11.8. The molecule has 1 aromatic rings. The number of rotatable bonds is 1. The van der Waals surface area contributed by atoms with Gasteiger partial charge < -0.3 is 14.9 Å². The lowest BCUT2D eigenvalue weighted by molar-refractivity contribution is -0.161. The van der Waals surface area contributed by atoms with Crippen molar-refractivity contribution in [2.75, 3.05) is 0 Å². The number of aliphatic hydroxyl groups is 2. The van der Waals surface area contributed by atoms with Crippen LogP contribution in [0.25, 0.3) is 0 Å². The summed E-state index contributed by atoms with van der Waals surface area (Å²) in [6.45, 7) is 5.59. The molecule has 2 fully saturated rings. The highest BCUT2D eigenvalue weighted by molar-refractivity contribution is 5.66. The van der Waals surface area contributed by atoms with Gasteiger partial charge in [0.25, 0.3) is 0 Å². The van der Waals surface area contributed by atoms with Crippen molar-refractivity contribution >= 4 is 5.97 Å². The Morgan fingerprint density at radius 2 is 2.00 bits per heavy atom. The maximum atomic E-state index is 11.5. The molecule has 2 saturated carbocycles. The van der Waals surface area contributed by atoms with Crippen molar-refractivity contribution in [3.8, 4) is 0 Å². The van der Waals surface area contributed by atoms with Gasteiger partial charge in [0.05, 0.1) is 6.10 Å². The van der Waals surface area contributed by atoms with E-state index >= 15 is 0 Å². The molecule has 4 heteroatoms. The average molecular weight is 344 g/mol. The van der Waals surface area contributed by atoms with Crippen LogP contribution in [-0.4, -0.2) is 34.5 Å². The number of fused-ring (bicyclic) bond motifs is 5. The second kappa shape index (κ2) is 5.82. The summed E-state index contributed by atoms with van der Waals surface area (Å²) in [5.41, 5.74) is 3.80. The van der Waals surface area contributed by atoms with E-state index in [1.165, 1.54) is 23.6 Å². The summed E-state index contributed by atoms with van der Waals surface area (Å²) in [7, 11) is 0. The van der Waals surface area contributed by atoms with Gasteiger partial charge in [-0.1, -0.05) is 30.7 Å². The molecular formula is C21H28O4. The van der Waals surface area contributed by atoms with Gasteiger partial charge in [-0.25, -0.2) is 0 Å². The van der Waals surface area contributed by atoms with Crippen LogP contribution in [0.2, 0.25) is 0 Å². The summed E-state index contributed by atoms with van der Waals surface area (Å²) in [5.74, 6) is 0.351. The van der Waals surface area contributed by atoms with Gasteiger partial charge >= 0.3 is 5.97 Å². The van der Waals surface area contributed by atoms with Gasteiger partial charge in [0.15, 0.2) is 0 Å². The molecule has 0 saturated heterocycles. The van der Waals surface area contributed by atoms with E-state index in [1.54, 1.807) is 0 Å². The molecule has 1 aromatic carbocycles. The van der Waals surface area contributed by atoms with Crippen LogP contribution in [0.5, 0.6) is 0 Å². The van der Waals surface area contributed by atoms with E-state index in [0.717, 1.165) is 25.7 Å². The molecule has 0 spiro atoms. The molecule has 136 valence electrons. The van der Waals surface area contributed by atoms with Crippen LogP contribution in [0.1, 0.15) is 55.7 Å². The van der Waals surface area contributed by atoms with Gasteiger partial charge in [-0.05, 0) is 61.5 Å². The molecule has 0 heterocycles. The molecule has 3 aliphatic rings. The zero-order valence-electron chi connectivity index (χ0n) is 15.2. The monoisotopic (exact) mass is 344 g/mol. The number of hydrogen-bond acceptors (Lipinski definition) is 4. The van der Waals surface area contributed by atoms with E-state index in [0.29, 0.717) is 11.8 Å². The number of hydrogen-bond donors (Lipinski definition) is 2. The molecule has 3 aliphatic carbocycles. The lowest BCUT2D eigenvalue weighted by Crippen LogP contribution is -2.47. The van der Waals surface area contributed by atoms with Crippen LogP contribution in [0.4, 0.5) is 0 Å². The summed E-state index contributed by atoms with van der Waals surface area (Å²) in [5, 5.41) is 21.4. The summed E-state index contributed by atoms with van der Waals surface area (Å²) in [4.78, 5) is 11.5. The molecule has 4 unspecified atom stereocenters. The minimum atomic E-state index is -0.989. The Morgan fingerprint density at radius 1 is 1.24 bits per heavy atom. The third kappa shape index (κ3) is 2.45. The maximum absolute atomic E-state index is 11.5. The molecule has 0 bridgehead atoms. The second-order valence-corrected chi connectivity index (χ2v) is 8.59. The highest BCUT2D eigenvalue weighted by atomic mass is 16.6. The zero-order valence-corrected chi connectivity index (χ0v) is 15.2. The molecule has 0 aliphatic heterocycles. The standard InChI is InChI=1S/C21H28O4/c1-11-4-6-14-13(10-11)5-7-16-15(14)8-9-21(3)17(16)18(23)19(24)20(21)25-12(2)22/h4,6,10,15-20,23-24H,5,7-9H2,1-3H3/t15?,16?,17?,18-,19-,20?,21+/m1/s1. The van der Waals surface area contributed by atoms with E-state index < -0.39 is 18.3 Å². The first kappa shape index (κ1) is 17.0. The highest BCUT2D eigenvalue weighted by Gasteiger charge is 2.64. The van der Waals surface area contributed by atoms with Crippen LogP contribution in [0.3, 0.4) is 0 Å². The summed E-state index contributed by atoms with van der Waals surface area (Å²) in [6.07, 6.45) is 1.50. The van der Waals surface area contributed by atoms with Gasteiger partial charge in [-0.2, -0.15) is 0 Å². The predicted molar refractivity (Wildman–Crippen MR) is 94.1 cm³/mol. The van der Waals surface area contributed by atoms with Gasteiger partial charge in [0.1, 0.15) is 12.2 Å². The van der Waals surface area contributed by atoms with Crippen molar-refractivity contribution in [3.05, 3.63) is 34.9 Å². The first-order valence-corrected chi connectivity index (χ1v) is 9.45. The van der Waals surface area contributed by atoms with E-state index in [9.17, 15) is 15.0 Å². The van der Waals surface area contributed by atoms with E-state index in [-0.39, 0.29) is 17.3 Å². The van der Waals surface area contributed by atoms with Gasteiger partial charge in [0.2, 0.25) is 0 Å².